The molecule has 19 heavy (non-hydrogen) atoms. The lowest BCUT2D eigenvalue weighted by atomic mass is 10.1. The van der Waals surface area contributed by atoms with Crippen LogP contribution in [0, 0.1) is 0 Å². The number of benzene rings is 1. The van der Waals surface area contributed by atoms with Crippen molar-refractivity contribution in [3.05, 3.63) is 42.2 Å². The van der Waals surface area contributed by atoms with Crippen molar-refractivity contribution in [1.29, 1.82) is 0 Å². The summed E-state index contributed by atoms with van der Waals surface area (Å²) in [5, 5.41) is 9.25. The van der Waals surface area contributed by atoms with Crippen molar-refractivity contribution in [2.75, 3.05) is 0 Å². The molecule has 0 amide bonds. The Balaban J connectivity index is 1.96. The SMILES string of the molecule is CCCCCCc1cnc(-c2ccc(O)cc2)nc1. The van der Waals surface area contributed by atoms with Crippen molar-refractivity contribution >= 4 is 0 Å². The maximum atomic E-state index is 9.25. The molecule has 1 N–H and O–H groups in total. The molecule has 0 spiro atoms. The van der Waals surface area contributed by atoms with Gasteiger partial charge in [0.25, 0.3) is 0 Å². The summed E-state index contributed by atoms with van der Waals surface area (Å²) in [6.07, 6.45) is 9.90. The molecule has 0 atom stereocenters. The van der Waals surface area contributed by atoms with Crippen LogP contribution in [-0.4, -0.2) is 15.1 Å². The van der Waals surface area contributed by atoms with Gasteiger partial charge in [0.05, 0.1) is 0 Å². The lowest BCUT2D eigenvalue weighted by molar-refractivity contribution is 0.475. The Morgan fingerprint density at radius 2 is 1.63 bits per heavy atom. The van der Waals surface area contributed by atoms with E-state index in [1.165, 1.54) is 31.2 Å². The van der Waals surface area contributed by atoms with Crippen molar-refractivity contribution < 1.29 is 5.11 Å². The molecule has 1 heterocycles. The highest BCUT2D eigenvalue weighted by atomic mass is 16.3. The fraction of sp³-hybridized carbons (Fsp3) is 0.375. The predicted molar refractivity (Wildman–Crippen MR) is 77.0 cm³/mol. The van der Waals surface area contributed by atoms with E-state index in [2.05, 4.69) is 16.9 Å². The topological polar surface area (TPSA) is 46.0 Å². The Morgan fingerprint density at radius 3 is 2.26 bits per heavy atom. The number of nitrogens with zero attached hydrogens (tertiary/aromatic N) is 2. The zero-order chi connectivity index (χ0) is 13.5. The van der Waals surface area contributed by atoms with Gasteiger partial charge < -0.3 is 5.11 Å². The van der Waals surface area contributed by atoms with Gasteiger partial charge in [0.15, 0.2) is 5.82 Å². The normalized spacial score (nSPS) is 10.6. The van der Waals surface area contributed by atoms with Crippen LogP contribution in [0.1, 0.15) is 38.2 Å². The average Bonchev–Trinajstić information content (AvgIpc) is 2.45. The summed E-state index contributed by atoms with van der Waals surface area (Å²) in [4.78, 5) is 8.77. The third kappa shape index (κ3) is 4.05. The van der Waals surface area contributed by atoms with Crippen LogP contribution < -0.4 is 0 Å². The molecule has 0 aliphatic heterocycles. The first-order valence-corrected chi connectivity index (χ1v) is 6.90. The molecule has 2 rings (SSSR count). The highest BCUT2D eigenvalue weighted by Gasteiger charge is 2.01. The van der Waals surface area contributed by atoms with Crippen LogP contribution in [0.4, 0.5) is 0 Å². The van der Waals surface area contributed by atoms with Gasteiger partial charge in [-0.2, -0.15) is 0 Å². The van der Waals surface area contributed by atoms with Crippen LogP contribution in [0.25, 0.3) is 11.4 Å². The zero-order valence-corrected chi connectivity index (χ0v) is 11.3. The summed E-state index contributed by atoms with van der Waals surface area (Å²) in [7, 11) is 0. The first-order valence-electron chi connectivity index (χ1n) is 6.90. The van der Waals surface area contributed by atoms with Crippen LogP contribution >= 0.6 is 0 Å². The Kier molecular flexibility index (Phi) is 4.90. The fourth-order valence-electron chi connectivity index (χ4n) is 2.00. The third-order valence-corrected chi connectivity index (χ3v) is 3.15. The minimum atomic E-state index is 0.260. The summed E-state index contributed by atoms with van der Waals surface area (Å²) < 4.78 is 0. The molecule has 100 valence electrons. The molecule has 1 aromatic carbocycles. The standard InChI is InChI=1S/C16H20N2O/c1-2-3-4-5-6-13-11-17-16(18-12-13)14-7-9-15(19)10-8-14/h7-12,19H,2-6H2,1H3. The molecule has 1 aromatic heterocycles. The van der Waals surface area contributed by atoms with E-state index >= 15 is 0 Å². The number of rotatable bonds is 6. The first kappa shape index (κ1) is 13.5. The molecule has 0 saturated carbocycles. The Bertz CT molecular complexity index is 491. The summed E-state index contributed by atoms with van der Waals surface area (Å²) in [6.45, 7) is 2.22. The van der Waals surface area contributed by atoms with Crippen LogP contribution in [0.2, 0.25) is 0 Å². The minimum absolute atomic E-state index is 0.260. The van der Waals surface area contributed by atoms with Crippen LogP contribution in [0.15, 0.2) is 36.7 Å². The molecule has 0 aliphatic rings. The largest absolute Gasteiger partial charge is 0.508 e. The third-order valence-electron chi connectivity index (χ3n) is 3.15. The van der Waals surface area contributed by atoms with Gasteiger partial charge in [-0.15, -0.1) is 0 Å². The van der Waals surface area contributed by atoms with E-state index < -0.39 is 0 Å². The van der Waals surface area contributed by atoms with E-state index in [0.717, 1.165) is 12.0 Å². The van der Waals surface area contributed by atoms with E-state index in [9.17, 15) is 5.11 Å². The fourth-order valence-corrected chi connectivity index (χ4v) is 2.00. The lowest BCUT2D eigenvalue weighted by Crippen LogP contribution is -1.93. The van der Waals surface area contributed by atoms with Crippen LogP contribution in [0.5, 0.6) is 5.75 Å². The average molecular weight is 256 g/mol. The number of hydrogen-bond donors (Lipinski definition) is 1. The highest BCUT2D eigenvalue weighted by molar-refractivity contribution is 5.55. The molecule has 0 unspecified atom stereocenters. The molecular formula is C16H20N2O. The quantitative estimate of drug-likeness (QED) is 0.795. The second-order valence-corrected chi connectivity index (χ2v) is 4.77. The second-order valence-electron chi connectivity index (χ2n) is 4.77. The predicted octanol–water partition coefficient (Wildman–Crippen LogP) is 3.97. The molecule has 2 aromatic rings. The number of aromatic hydroxyl groups is 1. The molecule has 0 fully saturated rings. The number of phenols is 1. The maximum Gasteiger partial charge on any atom is 0.159 e. The molecule has 0 radical (unpaired) electrons. The van der Waals surface area contributed by atoms with Crippen molar-refractivity contribution in [3.63, 3.8) is 0 Å². The minimum Gasteiger partial charge on any atom is -0.508 e. The lowest BCUT2D eigenvalue weighted by Gasteiger charge is -2.03. The molecular weight excluding hydrogens is 236 g/mol. The smallest absolute Gasteiger partial charge is 0.159 e. The summed E-state index contributed by atoms with van der Waals surface area (Å²) >= 11 is 0. The zero-order valence-electron chi connectivity index (χ0n) is 11.3. The molecule has 0 saturated heterocycles. The van der Waals surface area contributed by atoms with E-state index in [4.69, 9.17) is 0 Å². The van der Waals surface area contributed by atoms with Gasteiger partial charge in [0.2, 0.25) is 0 Å². The van der Waals surface area contributed by atoms with Gasteiger partial charge in [-0.1, -0.05) is 26.2 Å². The van der Waals surface area contributed by atoms with E-state index in [1.807, 2.05) is 24.5 Å². The van der Waals surface area contributed by atoms with Crippen molar-refractivity contribution in [2.45, 2.75) is 39.0 Å². The van der Waals surface area contributed by atoms with E-state index in [0.29, 0.717) is 5.82 Å². The molecule has 3 heteroatoms. The first-order chi connectivity index (χ1) is 9.29. The number of aromatic nitrogens is 2. The Morgan fingerprint density at radius 1 is 0.947 bits per heavy atom. The maximum absolute atomic E-state index is 9.25. The summed E-state index contributed by atoms with van der Waals surface area (Å²) in [6, 6.07) is 6.95. The monoisotopic (exact) mass is 256 g/mol. The second kappa shape index (κ2) is 6.88. The van der Waals surface area contributed by atoms with Gasteiger partial charge in [-0.3, -0.25) is 0 Å². The Hall–Kier alpha value is -1.90. The van der Waals surface area contributed by atoms with Crippen LogP contribution in [-0.2, 0) is 6.42 Å². The van der Waals surface area contributed by atoms with Crippen molar-refractivity contribution in [2.24, 2.45) is 0 Å². The van der Waals surface area contributed by atoms with Gasteiger partial charge >= 0.3 is 0 Å². The summed E-state index contributed by atoms with van der Waals surface area (Å²) in [5.74, 6) is 0.966. The van der Waals surface area contributed by atoms with Crippen molar-refractivity contribution in [1.82, 2.24) is 9.97 Å². The molecule has 3 nitrogen and oxygen atoms in total. The van der Waals surface area contributed by atoms with E-state index in [1.54, 1.807) is 12.1 Å². The van der Waals surface area contributed by atoms with Gasteiger partial charge in [-0.25, -0.2) is 9.97 Å². The highest BCUT2D eigenvalue weighted by Crippen LogP contribution is 2.18. The molecule has 0 bridgehead atoms. The van der Waals surface area contributed by atoms with Gasteiger partial charge in [-0.05, 0) is 42.7 Å². The molecule has 0 aliphatic carbocycles. The number of phenolic OH excluding ortho intramolecular Hbond substituents is 1. The Labute approximate surface area is 114 Å². The van der Waals surface area contributed by atoms with Crippen LogP contribution in [0.3, 0.4) is 0 Å². The number of unbranched alkanes of at least 4 members (excludes halogenated alkanes) is 3. The number of hydrogen-bond acceptors (Lipinski definition) is 3. The van der Waals surface area contributed by atoms with Gasteiger partial charge in [0, 0.05) is 18.0 Å². The van der Waals surface area contributed by atoms with Gasteiger partial charge in [0.1, 0.15) is 5.75 Å². The van der Waals surface area contributed by atoms with E-state index in [-0.39, 0.29) is 5.75 Å². The van der Waals surface area contributed by atoms with Crippen molar-refractivity contribution in [3.8, 4) is 17.1 Å². The number of aryl methyl sites for hydroxylation is 1. The summed E-state index contributed by atoms with van der Waals surface area (Å²) in [5.41, 5.74) is 2.12.